The summed E-state index contributed by atoms with van der Waals surface area (Å²) in [7, 11) is 0. The minimum absolute atomic E-state index is 0.149. The summed E-state index contributed by atoms with van der Waals surface area (Å²) in [4.78, 5) is 52.5. The number of hydrogen-bond donors (Lipinski definition) is 0. The molecule has 0 aromatic carbocycles. The van der Waals surface area contributed by atoms with Crippen LogP contribution in [0.1, 0.15) is 41.5 Å². The molecule has 0 aliphatic carbocycles. The topological polar surface area (TPSA) is 221 Å². The highest BCUT2D eigenvalue weighted by atomic mass is 32.2. The fourth-order valence-electron chi connectivity index (χ4n) is 4.34. The van der Waals surface area contributed by atoms with Crippen molar-refractivity contribution in [1.29, 1.82) is 0 Å². The second-order valence-electron chi connectivity index (χ2n) is 9.08. The van der Waals surface area contributed by atoms with Crippen molar-refractivity contribution < 1.29 is 47.6 Å². The first kappa shape index (κ1) is 32.0. The lowest BCUT2D eigenvalue weighted by Crippen LogP contribution is -2.58. The molecule has 0 amide bonds. The van der Waals surface area contributed by atoms with Gasteiger partial charge in [-0.2, -0.15) is 0 Å². The van der Waals surface area contributed by atoms with E-state index in [1.165, 1.54) is 27.7 Å². The SMILES string of the molecule is CC(=O)OCC1O[C@@H](S[C@@H]2OC(COC(C)=O)[C@H](C)[C@H](N=[N+]=[N-])C2OC(C)=O)[C@H](C)C(N=[N+]=[N-])[C@H]1OC(C)=O. The molecule has 216 valence electrons. The Balaban J connectivity index is 2.45. The van der Waals surface area contributed by atoms with E-state index < -0.39 is 83.1 Å². The Morgan fingerprint density at radius 1 is 0.718 bits per heavy atom. The average molecular weight is 573 g/mol. The predicted molar refractivity (Wildman–Crippen MR) is 133 cm³/mol. The zero-order valence-electron chi connectivity index (χ0n) is 22.4. The van der Waals surface area contributed by atoms with E-state index in [0.29, 0.717) is 0 Å². The average Bonchev–Trinajstić information content (AvgIpc) is 2.84. The maximum absolute atomic E-state index is 12.0. The minimum Gasteiger partial charge on any atom is -0.463 e. The zero-order chi connectivity index (χ0) is 29.3. The van der Waals surface area contributed by atoms with E-state index in [9.17, 15) is 30.2 Å². The van der Waals surface area contributed by atoms with Gasteiger partial charge in [0.05, 0.1) is 18.2 Å². The molecule has 2 aliphatic rings. The Kier molecular flexibility index (Phi) is 12.1. The molecule has 0 saturated carbocycles. The third-order valence-electron chi connectivity index (χ3n) is 6.16. The van der Waals surface area contributed by atoms with Gasteiger partial charge in [0, 0.05) is 43.4 Å². The summed E-state index contributed by atoms with van der Waals surface area (Å²) >= 11 is 1.05. The van der Waals surface area contributed by atoms with E-state index >= 15 is 0 Å². The number of thioether (sulfide) groups is 1. The van der Waals surface area contributed by atoms with Crippen LogP contribution in [0.4, 0.5) is 0 Å². The molecule has 0 N–H and O–H groups in total. The minimum atomic E-state index is -1.06. The Bertz CT molecular complexity index is 1020. The second kappa shape index (κ2) is 14.8. The number of ether oxygens (including phenoxy) is 6. The molecule has 0 aromatic heterocycles. The summed E-state index contributed by atoms with van der Waals surface area (Å²) in [5.74, 6) is -3.54. The van der Waals surface area contributed by atoms with Gasteiger partial charge in [0.25, 0.3) is 0 Å². The van der Waals surface area contributed by atoms with Crippen molar-refractivity contribution in [2.24, 2.45) is 22.1 Å². The van der Waals surface area contributed by atoms with Crippen LogP contribution in [0.3, 0.4) is 0 Å². The van der Waals surface area contributed by atoms with E-state index in [2.05, 4.69) is 20.1 Å². The highest BCUT2D eigenvalue weighted by Crippen LogP contribution is 2.43. The lowest BCUT2D eigenvalue weighted by atomic mass is 9.89. The van der Waals surface area contributed by atoms with Crippen LogP contribution in [0.15, 0.2) is 10.2 Å². The molecular formula is C22H32N6O10S. The van der Waals surface area contributed by atoms with Crippen molar-refractivity contribution in [3.63, 3.8) is 0 Å². The van der Waals surface area contributed by atoms with Crippen LogP contribution in [0.2, 0.25) is 0 Å². The van der Waals surface area contributed by atoms with Crippen LogP contribution in [0.25, 0.3) is 20.9 Å². The molecule has 0 spiro atoms. The molecule has 39 heavy (non-hydrogen) atoms. The standard InChI is InChI=1S/C22H32N6O10S/c1-9-15(7-33-11(3)29)37-22(20(36-14(6)32)17(9)25-27-23)39-21-10(2)18(26-28-24)19(35-13(5)31)16(38-21)8-34-12(4)30/h9-10,15-22H,7-8H2,1-6H3/t9-,10+,15?,16?,17-,18?,19-,20?,21-,22-/m0/s1. The van der Waals surface area contributed by atoms with Crippen LogP contribution < -0.4 is 0 Å². The highest BCUT2D eigenvalue weighted by molar-refractivity contribution is 8.00. The Hall–Kier alpha value is -3.23. The van der Waals surface area contributed by atoms with Gasteiger partial charge in [0.15, 0.2) is 0 Å². The molecule has 0 bridgehead atoms. The summed E-state index contributed by atoms with van der Waals surface area (Å²) in [6.45, 7) is 7.77. The van der Waals surface area contributed by atoms with Crippen LogP contribution >= 0.6 is 11.8 Å². The first-order chi connectivity index (χ1) is 18.4. The third kappa shape index (κ3) is 8.90. The molecule has 0 aromatic rings. The molecule has 10 atom stereocenters. The van der Waals surface area contributed by atoms with Crippen molar-refractivity contribution >= 4 is 35.6 Å². The maximum Gasteiger partial charge on any atom is 0.303 e. The first-order valence-electron chi connectivity index (χ1n) is 12.1. The van der Waals surface area contributed by atoms with Gasteiger partial charge in [-0.25, -0.2) is 0 Å². The zero-order valence-corrected chi connectivity index (χ0v) is 23.2. The lowest BCUT2D eigenvalue weighted by molar-refractivity contribution is -0.184. The summed E-state index contributed by atoms with van der Waals surface area (Å²) in [6, 6.07) is -1.81. The molecule has 2 rings (SSSR count). The number of nitrogens with zero attached hydrogens (tertiary/aromatic N) is 6. The molecule has 2 fully saturated rings. The fourth-order valence-corrected chi connectivity index (χ4v) is 5.80. The molecule has 0 radical (unpaired) electrons. The van der Waals surface area contributed by atoms with Gasteiger partial charge in [-0.1, -0.05) is 35.8 Å². The molecule has 16 nitrogen and oxygen atoms in total. The number of carbonyl (C=O) groups is 4. The highest BCUT2D eigenvalue weighted by Gasteiger charge is 2.51. The predicted octanol–water partition coefficient (Wildman–Crippen LogP) is 2.79. The smallest absolute Gasteiger partial charge is 0.303 e. The van der Waals surface area contributed by atoms with E-state index in [1.54, 1.807) is 13.8 Å². The van der Waals surface area contributed by atoms with Crippen LogP contribution in [-0.4, -0.2) is 84.5 Å². The molecule has 2 heterocycles. The number of carbonyl (C=O) groups excluding carboxylic acids is 4. The molecule has 4 unspecified atom stereocenters. The van der Waals surface area contributed by atoms with Crippen LogP contribution in [0.5, 0.6) is 0 Å². The van der Waals surface area contributed by atoms with Crippen molar-refractivity contribution in [2.45, 2.75) is 88.9 Å². The van der Waals surface area contributed by atoms with Gasteiger partial charge in [-0.15, -0.1) is 0 Å². The Morgan fingerprint density at radius 2 is 1.18 bits per heavy atom. The summed E-state index contributed by atoms with van der Waals surface area (Å²) < 4.78 is 33.5. The Labute approximate surface area is 228 Å². The van der Waals surface area contributed by atoms with E-state index in [0.717, 1.165) is 11.8 Å². The quantitative estimate of drug-likeness (QED) is 0.122. The van der Waals surface area contributed by atoms with Gasteiger partial charge >= 0.3 is 23.9 Å². The molecular weight excluding hydrogens is 540 g/mol. The van der Waals surface area contributed by atoms with Crippen molar-refractivity contribution in [3.05, 3.63) is 20.9 Å². The monoisotopic (exact) mass is 572 g/mol. The summed E-state index contributed by atoms with van der Waals surface area (Å²) in [5.41, 5.74) is 16.6. The number of esters is 4. The van der Waals surface area contributed by atoms with E-state index in [1.807, 2.05) is 0 Å². The second-order valence-corrected chi connectivity index (χ2v) is 10.3. The molecule has 2 saturated heterocycles. The van der Waals surface area contributed by atoms with E-state index in [-0.39, 0.29) is 13.2 Å². The summed E-state index contributed by atoms with van der Waals surface area (Å²) in [5, 5.41) is 7.67. The maximum atomic E-state index is 12.0. The van der Waals surface area contributed by atoms with Gasteiger partial charge in [0.2, 0.25) is 0 Å². The Morgan fingerprint density at radius 3 is 1.67 bits per heavy atom. The largest absolute Gasteiger partial charge is 0.463 e. The molecule has 2 aliphatic heterocycles. The first-order valence-corrected chi connectivity index (χ1v) is 13.0. The van der Waals surface area contributed by atoms with Crippen molar-refractivity contribution in [3.8, 4) is 0 Å². The normalized spacial score (nSPS) is 33.9. The van der Waals surface area contributed by atoms with Crippen molar-refractivity contribution in [2.75, 3.05) is 13.2 Å². The van der Waals surface area contributed by atoms with Gasteiger partial charge in [0.1, 0.15) is 42.4 Å². The van der Waals surface area contributed by atoms with Gasteiger partial charge < -0.3 is 28.4 Å². The molecule has 17 heteroatoms. The summed E-state index contributed by atoms with van der Waals surface area (Å²) in [6.07, 6.45) is -3.86. The van der Waals surface area contributed by atoms with Crippen LogP contribution in [-0.2, 0) is 47.6 Å². The third-order valence-corrected chi connectivity index (χ3v) is 7.62. The van der Waals surface area contributed by atoms with E-state index in [4.69, 9.17) is 28.4 Å². The van der Waals surface area contributed by atoms with Crippen LogP contribution in [0, 0.1) is 11.8 Å². The number of hydrogen-bond acceptors (Lipinski definition) is 13. The number of azide groups is 2. The number of rotatable bonds is 10. The lowest BCUT2D eigenvalue weighted by Gasteiger charge is -2.47. The van der Waals surface area contributed by atoms with Crippen molar-refractivity contribution in [1.82, 2.24) is 0 Å². The van der Waals surface area contributed by atoms with Gasteiger partial charge in [-0.05, 0) is 17.0 Å². The fraction of sp³-hybridized carbons (Fsp3) is 0.818. The van der Waals surface area contributed by atoms with Gasteiger partial charge in [-0.3, -0.25) is 19.2 Å².